The fourth-order valence-electron chi connectivity index (χ4n) is 2.92. The molecule has 2 aromatic rings. The van der Waals surface area contributed by atoms with Crippen molar-refractivity contribution in [1.82, 2.24) is 0 Å². The van der Waals surface area contributed by atoms with Crippen molar-refractivity contribution in [2.45, 2.75) is 17.7 Å². The molecular formula is C17H16BrNO5S. The minimum Gasteiger partial charge on any atom is -0.495 e. The molecule has 0 bridgehead atoms. The second-order valence-electron chi connectivity index (χ2n) is 5.66. The van der Waals surface area contributed by atoms with E-state index in [0.717, 1.165) is 10.0 Å². The van der Waals surface area contributed by atoms with Gasteiger partial charge < -0.3 is 9.84 Å². The van der Waals surface area contributed by atoms with Gasteiger partial charge in [-0.25, -0.2) is 8.42 Å². The van der Waals surface area contributed by atoms with Crippen LogP contribution in [0.3, 0.4) is 0 Å². The third-order valence-electron chi connectivity index (χ3n) is 4.05. The predicted octanol–water partition coefficient (Wildman–Crippen LogP) is 2.84. The van der Waals surface area contributed by atoms with E-state index in [1.165, 1.54) is 23.5 Å². The van der Waals surface area contributed by atoms with Crippen molar-refractivity contribution in [3.63, 3.8) is 0 Å². The van der Waals surface area contributed by atoms with Gasteiger partial charge in [-0.2, -0.15) is 0 Å². The maximum Gasteiger partial charge on any atom is 0.307 e. The van der Waals surface area contributed by atoms with Crippen molar-refractivity contribution in [1.29, 1.82) is 0 Å². The van der Waals surface area contributed by atoms with Crippen molar-refractivity contribution in [3.8, 4) is 5.75 Å². The number of halogens is 1. The number of benzene rings is 2. The molecule has 6 nitrogen and oxygen atoms in total. The highest BCUT2D eigenvalue weighted by atomic mass is 79.9. The number of rotatable bonds is 5. The molecule has 25 heavy (non-hydrogen) atoms. The van der Waals surface area contributed by atoms with Gasteiger partial charge in [-0.15, -0.1) is 0 Å². The van der Waals surface area contributed by atoms with Crippen LogP contribution in [0.1, 0.15) is 11.1 Å². The highest BCUT2D eigenvalue weighted by Crippen LogP contribution is 2.37. The molecule has 1 aliphatic rings. The molecule has 0 spiro atoms. The quantitative estimate of drug-likeness (QED) is 0.795. The minimum absolute atomic E-state index is 0.0236. The summed E-state index contributed by atoms with van der Waals surface area (Å²) in [6.45, 7) is 0.334. The summed E-state index contributed by atoms with van der Waals surface area (Å²) in [6, 6.07) is 9.88. The molecule has 0 aromatic heterocycles. The Morgan fingerprint density at radius 2 is 2.04 bits per heavy atom. The van der Waals surface area contributed by atoms with Crippen LogP contribution in [0.15, 0.2) is 45.8 Å². The maximum atomic E-state index is 13.2. The Hall–Kier alpha value is -2.06. The monoisotopic (exact) mass is 425 g/mol. The predicted molar refractivity (Wildman–Crippen MR) is 96.7 cm³/mol. The van der Waals surface area contributed by atoms with Gasteiger partial charge in [0.05, 0.1) is 19.2 Å². The molecule has 0 saturated carbocycles. The molecule has 0 unspecified atom stereocenters. The van der Waals surface area contributed by atoms with E-state index in [1.54, 1.807) is 18.2 Å². The second-order valence-corrected chi connectivity index (χ2v) is 8.40. The van der Waals surface area contributed by atoms with E-state index in [4.69, 9.17) is 9.84 Å². The van der Waals surface area contributed by atoms with Crippen molar-refractivity contribution < 1.29 is 23.1 Å². The number of aliphatic carboxylic acids is 1. The van der Waals surface area contributed by atoms with Crippen LogP contribution in [0.4, 0.5) is 5.69 Å². The van der Waals surface area contributed by atoms with E-state index < -0.39 is 16.0 Å². The maximum absolute atomic E-state index is 13.2. The molecule has 0 atom stereocenters. The molecule has 3 rings (SSSR count). The third kappa shape index (κ3) is 3.36. The van der Waals surface area contributed by atoms with Crippen LogP contribution < -0.4 is 9.04 Å². The van der Waals surface area contributed by atoms with Crippen molar-refractivity contribution >= 4 is 37.6 Å². The van der Waals surface area contributed by atoms with Crippen LogP contribution in [-0.4, -0.2) is 33.1 Å². The summed E-state index contributed by atoms with van der Waals surface area (Å²) < 4.78 is 33.8. The van der Waals surface area contributed by atoms with E-state index >= 15 is 0 Å². The molecule has 0 fully saturated rings. The van der Waals surface area contributed by atoms with E-state index in [9.17, 15) is 13.2 Å². The topological polar surface area (TPSA) is 83.9 Å². The highest BCUT2D eigenvalue weighted by Gasteiger charge is 2.33. The normalized spacial score (nSPS) is 13.6. The fraction of sp³-hybridized carbons (Fsp3) is 0.235. The van der Waals surface area contributed by atoms with E-state index in [-0.39, 0.29) is 17.1 Å². The average molecular weight is 426 g/mol. The molecule has 1 heterocycles. The number of hydrogen-bond donors (Lipinski definition) is 1. The van der Waals surface area contributed by atoms with E-state index in [0.29, 0.717) is 24.2 Å². The summed E-state index contributed by atoms with van der Waals surface area (Å²) in [5.74, 6) is -0.829. The number of hydrogen-bond acceptors (Lipinski definition) is 4. The Labute approximate surface area is 154 Å². The summed E-state index contributed by atoms with van der Waals surface area (Å²) in [6.07, 6.45) is 0.362. The number of fused-ring (bicyclic) bond motifs is 1. The first kappa shape index (κ1) is 17.8. The number of nitrogens with zero attached hydrogens (tertiary/aromatic N) is 1. The first-order valence-electron chi connectivity index (χ1n) is 7.53. The minimum atomic E-state index is -3.87. The molecule has 0 amide bonds. The van der Waals surface area contributed by atoms with Crippen LogP contribution in [0, 0.1) is 0 Å². The van der Waals surface area contributed by atoms with Crippen LogP contribution in [0.25, 0.3) is 0 Å². The SMILES string of the molecule is COc1ccc(CC(=O)O)cc1S(=O)(=O)N1CCc2cc(Br)ccc21. The lowest BCUT2D eigenvalue weighted by Crippen LogP contribution is -2.29. The Balaban J connectivity index is 2.08. The standard InChI is InChI=1S/C17H16BrNO5S/c1-24-15-5-2-11(9-17(20)21)8-16(15)25(22,23)19-7-6-12-10-13(18)3-4-14(12)19/h2-5,8,10H,6-7,9H2,1H3,(H,20,21). The molecule has 132 valence electrons. The summed E-state index contributed by atoms with van der Waals surface area (Å²) in [4.78, 5) is 10.9. The van der Waals surface area contributed by atoms with Gasteiger partial charge in [-0.3, -0.25) is 9.10 Å². The number of ether oxygens (including phenoxy) is 1. The lowest BCUT2D eigenvalue weighted by atomic mass is 10.1. The largest absolute Gasteiger partial charge is 0.495 e. The second kappa shape index (κ2) is 6.68. The smallest absolute Gasteiger partial charge is 0.307 e. The molecule has 8 heteroatoms. The van der Waals surface area contributed by atoms with Gasteiger partial charge in [-0.1, -0.05) is 22.0 Å². The van der Waals surface area contributed by atoms with Gasteiger partial charge in [0, 0.05) is 11.0 Å². The van der Waals surface area contributed by atoms with Crippen molar-refractivity contribution in [3.05, 3.63) is 52.0 Å². The number of carboxylic acids is 1. The molecular weight excluding hydrogens is 410 g/mol. The summed E-state index contributed by atoms with van der Waals surface area (Å²) in [7, 11) is -2.48. The Morgan fingerprint density at radius 1 is 1.28 bits per heavy atom. The molecule has 0 radical (unpaired) electrons. The zero-order valence-corrected chi connectivity index (χ0v) is 15.8. The van der Waals surface area contributed by atoms with Gasteiger partial charge in [0.1, 0.15) is 10.6 Å². The molecule has 2 aromatic carbocycles. The zero-order chi connectivity index (χ0) is 18.2. The van der Waals surface area contributed by atoms with Crippen LogP contribution in [-0.2, 0) is 27.7 Å². The van der Waals surface area contributed by atoms with Gasteiger partial charge in [-0.05, 0) is 47.9 Å². The van der Waals surface area contributed by atoms with Crippen LogP contribution >= 0.6 is 15.9 Å². The Kier molecular flexibility index (Phi) is 4.75. The number of sulfonamides is 1. The van der Waals surface area contributed by atoms with E-state index in [1.807, 2.05) is 6.07 Å². The first-order chi connectivity index (χ1) is 11.8. The number of anilines is 1. The van der Waals surface area contributed by atoms with Crippen LogP contribution in [0.2, 0.25) is 0 Å². The summed E-state index contributed by atoms with van der Waals surface area (Å²) >= 11 is 3.39. The van der Waals surface area contributed by atoms with Gasteiger partial charge in [0.15, 0.2) is 0 Å². The molecule has 1 aliphatic heterocycles. The van der Waals surface area contributed by atoms with E-state index in [2.05, 4.69) is 15.9 Å². The molecule has 1 N–H and O–H groups in total. The summed E-state index contributed by atoms with van der Waals surface area (Å²) in [5.41, 5.74) is 1.98. The summed E-state index contributed by atoms with van der Waals surface area (Å²) in [5, 5.41) is 8.96. The molecule has 0 saturated heterocycles. The van der Waals surface area contributed by atoms with Crippen molar-refractivity contribution in [2.75, 3.05) is 18.0 Å². The first-order valence-corrected chi connectivity index (χ1v) is 9.76. The van der Waals surface area contributed by atoms with Crippen molar-refractivity contribution in [2.24, 2.45) is 0 Å². The number of methoxy groups -OCH3 is 1. The highest BCUT2D eigenvalue weighted by molar-refractivity contribution is 9.10. The Morgan fingerprint density at radius 3 is 2.72 bits per heavy atom. The lowest BCUT2D eigenvalue weighted by molar-refractivity contribution is -0.136. The van der Waals surface area contributed by atoms with Gasteiger partial charge in [0.2, 0.25) is 0 Å². The molecule has 0 aliphatic carbocycles. The third-order valence-corrected chi connectivity index (χ3v) is 6.37. The zero-order valence-electron chi connectivity index (χ0n) is 13.4. The lowest BCUT2D eigenvalue weighted by Gasteiger charge is -2.21. The average Bonchev–Trinajstić information content (AvgIpc) is 2.98. The number of carboxylic acid groups (broad SMARTS) is 1. The van der Waals surface area contributed by atoms with Gasteiger partial charge >= 0.3 is 5.97 Å². The fourth-order valence-corrected chi connectivity index (χ4v) is 5.04. The van der Waals surface area contributed by atoms with Crippen LogP contribution in [0.5, 0.6) is 5.75 Å². The number of carbonyl (C=O) groups is 1. The Bertz CT molecular complexity index is 942. The van der Waals surface area contributed by atoms with Gasteiger partial charge in [0.25, 0.3) is 10.0 Å².